The van der Waals surface area contributed by atoms with Crippen molar-refractivity contribution in [1.29, 1.82) is 0 Å². The summed E-state index contributed by atoms with van der Waals surface area (Å²) >= 11 is 0. The van der Waals surface area contributed by atoms with E-state index in [1.54, 1.807) is 50.3 Å². The predicted octanol–water partition coefficient (Wildman–Crippen LogP) is 3.86. The zero-order valence-electron chi connectivity index (χ0n) is 13.2. The van der Waals surface area contributed by atoms with Crippen LogP contribution >= 0.6 is 0 Å². The number of carbonyl (C=O) groups is 3. The monoisotopic (exact) mass is 294 g/mol. The quantitative estimate of drug-likeness (QED) is 0.539. The van der Waals surface area contributed by atoms with Gasteiger partial charge in [-0.3, -0.25) is 14.4 Å². The lowest BCUT2D eigenvalue weighted by atomic mass is 9.91. The Morgan fingerprint density at radius 2 is 1.09 bits per heavy atom. The van der Waals surface area contributed by atoms with Gasteiger partial charge < -0.3 is 0 Å². The van der Waals surface area contributed by atoms with Crippen molar-refractivity contribution in [2.45, 2.75) is 27.7 Å². The fraction of sp³-hybridized carbons (Fsp3) is 0.211. The van der Waals surface area contributed by atoms with Crippen molar-refractivity contribution in [3.8, 4) is 0 Å². The second kappa shape index (κ2) is 6.06. The Balaban J connectivity index is 0.000000847. The lowest BCUT2D eigenvalue weighted by molar-refractivity contribution is -0.112. The van der Waals surface area contributed by atoms with Gasteiger partial charge in [-0.2, -0.15) is 0 Å². The van der Waals surface area contributed by atoms with Crippen LogP contribution in [0.25, 0.3) is 0 Å². The van der Waals surface area contributed by atoms with Crippen LogP contribution in [-0.4, -0.2) is 17.3 Å². The van der Waals surface area contributed by atoms with Gasteiger partial charge in [0.2, 0.25) is 0 Å². The molecule has 0 saturated carbocycles. The Morgan fingerprint density at radius 1 is 0.682 bits per heavy atom. The topological polar surface area (TPSA) is 51.2 Å². The molecule has 0 aliphatic heterocycles. The number of benzene rings is 1. The lowest BCUT2D eigenvalue weighted by Gasteiger charge is -2.11. The summed E-state index contributed by atoms with van der Waals surface area (Å²) in [5.74, 6) is -0.573. The lowest BCUT2D eigenvalue weighted by Crippen LogP contribution is -2.11. The van der Waals surface area contributed by atoms with Crippen LogP contribution < -0.4 is 0 Å². The molecule has 22 heavy (non-hydrogen) atoms. The molecule has 0 radical (unpaired) electrons. The van der Waals surface area contributed by atoms with Gasteiger partial charge in [0.15, 0.2) is 17.3 Å². The molecule has 3 heteroatoms. The van der Waals surface area contributed by atoms with E-state index < -0.39 is 0 Å². The average molecular weight is 294 g/mol. The Hall–Kier alpha value is -2.55. The molecule has 1 aromatic carbocycles. The molecule has 3 nitrogen and oxygen atoms in total. The first-order valence-corrected chi connectivity index (χ1v) is 7.34. The van der Waals surface area contributed by atoms with Crippen molar-refractivity contribution in [2.75, 3.05) is 0 Å². The third-order valence-corrected chi connectivity index (χ3v) is 3.62. The highest BCUT2D eigenvalue weighted by atomic mass is 16.2. The normalized spacial score (nSPS) is 16.8. The second-order valence-corrected chi connectivity index (χ2v) is 5.02. The summed E-state index contributed by atoms with van der Waals surface area (Å²) in [7, 11) is 0. The fourth-order valence-corrected chi connectivity index (χ4v) is 2.61. The molecule has 1 aromatic rings. The van der Waals surface area contributed by atoms with Gasteiger partial charge in [0.05, 0.1) is 5.57 Å². The van der Waals surface area contributed by atoms with Gasteiger partial charge in [0.25, 0.3) is 0 Å². The number of carbonyl (C=O) groups excluding carboxylic acids is 3. The summed E-state index contributed by atoms with van der Waals surface area (Å²) in [6.07, 6.45) is 3.23. The summed E-state index contributed by atoms with van der Waals surface area (Å²) in [5, 5.41) is 0. The first-order chi connectivity index (χ1) is 10.5. The summed E-state index contributed by atoms with van der Waals surface area (Å²) in [4.78, 5) is 36.5. The van der Waals surface area contributed by atoms with Crippen LogP contribution in [0.1, 0.15) is 48.4 Å². The van der Waals surface area contributed by atoms with E-state index in [0.717, 1.165) is 0 Å². The van der Waals surface area contributed by atoms with Crippen LogP contribution in [0.3, 0.4) is 0 Å². The minimum Gasteiger partial charge on any atom is -0.289 e. The smallest absolute Gasteiger partial charge is 0.198 e. The van der Waals surface area contributed by atoms with Gasteiger partial charge in [0.1, 0.15) is 0 Å². The number of hydrogen-bond donors (Lipinski definition) is 0. The van der Waals surface area contributed by atoms with Crippen LogP contribution in [0.15, 0.2) is 58.7 Å². The third kappa shape index (κ3) is 2.39. The molecule has 3 rings (SSSR count). The number of allylic oxidation sites excluding steroid dienone is 6. The van der Waals surface area contributed by atoms with Gasteiger partial charge in [-0.15, -0.1) is 0 Å². The summed E-state index contributed by atoms with van der Waals surface area (Å²) in [6.45, 7) is 7.38. The van der Waals surface area contributed by atoms with E-state index in [1.165, 1.54) is 0 Å². The van der Waals surface area contributed by atoms with Gasteiger partial charge in [-0.1, -0.05) is 38.1 Å². The van der Waals surface area contributed by atoms with E-state index >= 15 is 0 Å². The molecule has 0 fully saturated rings. The summed E-state index contributed by atoms with van der Waals surface area (Å²) in [6, 6.07) is 6.79. The molecular formula is C19H18O3. The van der Waals surface area contributed by atoms with E-state index in [2.05, 4.69) is 0 Å². The number of hydrogen-bond acceptors (Lipinski definition) is 3. The Morgan fingerprint density at radius 3 is 1.50 bits per heavy atom. The maximum Gasteiger partial charge on any atom is 0.198 e. The number of rotatable bonds is 0. The summed E-state index contributed by atoms with van der Waals surface area (Å²) in [5.41, 5.74) is 2.67. The van der Waals surface area contributed by atoms with Crippen molar-refractivity contribution in [3.05, 3.63) is 69.8 Å². The van der Waals surface area contributed by atoms with Crippen LogP contribution in [0.2, 0.25) is 0 Å². The molecule has 0 atom stereocenters. The van der Waals surface area contributed by atoms with Gasteiger partial charge in [-0.05, 0) is 42.7 Å². The molecule has 2 aliphatic rings. The minimum absolute atomic E-state index is 0.0511. The largest absolute Gasteiger partial charge is 0.289 e. The molecule has 2 aliphatic carbocycles. The number of fused-ring (bicyclic) bond motifs is 1. The Kier molecular flexibility index (Phi) is 4.36. The summed E-state index contributed by atoms with van der Waals surface area (Å²) < 4.78 is 0. The standard InChI is InChI=1S/C17H12O3.C2H6/c1-9-7-11(8-10(2)15(9)18)14-16(19)12-5-3-4-6-13(12)17(14)20;1-2/h3-8H,1-2H3;1-2H3. The van der Waals surface area contributed by atoms with Crippen molar-refractivity contribution in [3.63, 3.8) is 0 Å². The van der Waals surface area contributed by atoms with Crippen molar-refractivity contribution < 1.29 is 14.4 Å². The van der Waals surface area contributed by atoms with E-state index in [-0.39, 0.29) is 22.9 Å². The number of Topliss-reactive ketones (excluding diaryl/α,β-unsaturated/α-hetero) is 3. The Bertz CT molecular complexity index is 713. The first-order valence-electron chi connectivity index (χ1n) is 7.34. The molecule has 0 saturated heterocycles. The molecular weight excluding hydrogens is 276 g/mol. The minimum atomic E-state index is -0.261. The van der Waals surface area contributed by atoms with Crippen molar-refractivity contribution in [1.82, 2.24) is 0 Å². The highest BCUT2D eigenvalue weighted by molar-refractivity contribution is 6.40. The first kappa shape index (κ1) is 15.8. The zero-order chi connectivity index (χ0) is 16.4. The number of ketones is 3. The molecule has 0 spiro atoms. The highest BCUT2D eigenvalue weighted by Crippen LogP contribution is 2.31. The predicted molar refractivity (Wildman–Crippen MR) is 86.0 cm³/mol. The molecule has 0 amide bonds. The molecule has 0 heterocycles. The van der Waals surface area contributed by atoms with Gasteiger partial charge in [-0.25, -0.2) is 0 Å². The molecule has 0 aromatic heterocycles. The molecule has 112 valence electrons. The molecule has 0 unspecified atom stereocenters. The van der Waals surface area contributed by atoms with Crippen LogP contribution in [0.5, 0.6) is 0 Å². The van der Waals surface area contributed by atoms with E-state index in [4.69, 9.17) is 0 Å². The maximum atomic E-state index is 12.4. The highest BCUT2D eigenvalue weighted by Gasteiger charge is 2.35. The SMILES string of the molecule is CC.CC1=CC(=C2C(=O)c3ccccc3C2=O)C=C(C)C1=O. The van der Waals surface area contributed by atoms with E-state index in [9.17, 15) is 14.4 Å². The fourth-order valence-electron chi connectivity index (χ4n) is 2.61. The van der Waals surface area contributed by atoms with Gasteiger partial charge in [0, 0.05) is 11.1 Å². The average Bonchev–Trinajstić information content (AvgIpc) is 2.78. The van der Waals surface area contributed by atoms with Crippen LogP contribution in [0, 0.1) is 0 Å². The molecule has 0 bridgehead atoms. The van der Waals surface area contributed by atoms with Gasteiger partial charge >= 0.3 is 0 Å². The van der Waals surface area contributed by atoms with E-state index in [0.29, 0.717) is 27.8 Å². The van der Waals surface area contributed by atoms with Crippen molar-refractivity contribution in [2.24, 2.45) is 0 Å². The second-order valence-electron chi connectivity index (χ2n) is 5.02. The van der Waals surface area contributed by atoms with E-state index in [1.807, 2.05) is 13.8 Å². The molecule has 0 N–H and O–H groups in total. The Labute approximate surface area is 130 Å². The maximum absolute atomic E-state index is 12.4. The zero-order valence-corrected chi connectivity index (χ0v) is 13.2. The van der Waals surface area contributed by atoms with Crippen LogP contribution in [-0.2, 0) is 4.79 Å². The van der Waals surface area contributed by atoms with Crippen molar-refractivity contribution >= 4 is 17.3 Å². The van der Waals surface area contributed by atoms with Crippen LogP contribution in [0.4, 0.5) is 0 Å². The third-order valence-electron chi connectivity index (χ3n) is 3.62.